The Morgan fingerprint density at radius 2 is 2.12 bits per heavy atom. The van der Waals surface area contributed by atoms with Gasteiger partial charge in [-0.05, 0) is 19.9 Å². The average molecular weight is 236 g/mol. The van der Waals surface area contributed by atoms with Crippen molar-refractivity contribution in [1.29, 1.82) is 0 Å². The minimum atomic E-state index is 0.0390. The molecule has 1 rings (SSSR count). The van der Waals surface area contributed by atoms with Crippen LogP contribution in [0.2, 0.25) is 0 Å². The number of ketones is 1. The second kappa shape index (κ2) is 6.23. The van der Waals surface area contributed by atoms with Crippen LogP contribution in [0.1, 0.15) is 44.0 Å². The fourth-order valence-corrected chi connectivity index (χ4v) is 1.57. The van der Waals surface area contributed by atoms with Crippen molar-refractivity contribution in [2.75, 3.05) is 0 Å². The Balaban J connectivity index is 2.45. The molecule has 1 aromatic rings. The van der Waals surface area contributed by atoms with Crippen LogP contribution in [0.3, 0.4) is 0 Å². The Bertz CT molecular complexity index is 394. The molecule has 94 valence electrons. The maximum Gasteiger partial charge on any atom is 0.221 e. The molecule has 0 bridgehead atoms. The molecule has 0 saturated heterocycles. The van der Waals surface area contributed by atoms with Crippen LogP contribution in [0.15, 0.2) is 18.5 Å². The van der Waals surface area contributed by atoms with E-state index in [0.29, 0.717) is 19.4 Å². The number of carbonyl (C=O) groups excluding carboxylic acids is 2. The molecule has 4 nitrogen and oxygen atoms in total. The van der Waals surface area contributed by atoms with E-state index < -0.39 is 0 Å². The number of aryl methyl sites for hydroxylation is 1. The number of hydrogen-bond donors (Lipinski definition) is 1. The average Bonchev–Trinajstić information content (AvgIpc) is 2.73. The normalized spacial score (nSPS) is 10.6. The molecule has 0 aromatic carbocycles. The largest absolute Gasteiger partial charge is 0.354 e. The van der Waals surface area contributed by atoms with E-state index in [2.05, 4.69) is 5.32 Å². The quantitative estimate of drug-likeness (QED) is 0.768. The standard InChI is InChI=1S/C13H20N2O2/c1-4-12(16)11-5-7-15(9-11)8-6-13(17)14-10(2)3/h5,7,9-10H,4,6,8H2,1-3H3,(H,14,17). The van der Waals surface area contributed by atoms with Crippen LogP contribution in [-0.2, 0) is 11.3 Å². The van der Waals surface area contributed by atoms with Gasteiger partial charge < -0.3 is 9.88 Å². The third-order valence-electron chi connectivity index (χ3n) is 2.44. The van der Waals surface area contributed by atoms with Crippen LogP contribution >= 0.6 is 0 Å². The number of hydrogen-bond acceptors (Lipinski definition) is 2. The first kappa shape index (κ1) is 13.5. The highest BCUT2D eigenvalue weighted by Crippen LogP contribution is 2.05. The SMILES string of the molecule is CCC(=O)c1ccn(CCC(=O)NC(C)C)c1. The predicted molar refractivity (Wildman–Crippen MR) is 66.9 cm³/mol. The number of Topliss-reactive ketones (excluding diaryl/α,β-unsaturated/α-hetero) is 1. The minimum Gasteiger partial charge on any atom is -0.354 e. The van der Waals surface area contributed by atoms with E-state index in [0.717, 1.165) is 5.56 Å². The van der Waals surface area contributed by atoms with Crippen molar-refractivity contribution in [3.8, 4) is 0 Å². The Hall–Kier alpha value is -1.58. The van der Waals surface area contributed by atoms with Gasteiger partial charge in [0.05, 0.1) is 0 Å². The zero-order chi connectivity index (χ0) is 12.8. The van der Waals surface area contributed by atoms with E-state index in [1.165, 1.54) is 0 Å². The lowest BCUT2D eigenvalue weighted by atomic mass is 10.2. The summed E-state index contributed by atoms with van der Waals surface area (Å²) in [4.78, 5) is 22.9. The molecule has 1 N–H and O–H groups in total. The molecule has 0 saturated carbocycles. The predicted octanol–water partition coefficient (Wildman–Crippen LogP) is 2.00. The van der Waals surface area contributed by atoms with Gasteiger partial charge in [-0.15, -0.1) is 0 Å². The molecule has 0 atom stereocenters. The van der Waals surface area contributed by atoms with Crippen molar-refractivity contribution in [3.05, 3.63) is 24.0 Å². The lowest BCUT2D eigenvalue weighted by Gasteiger charge is -2.08. The fourth-order valence-electron chi connectivity index (χ4n) is 1.57. The topological polar surface area (TPSA) is 51.1 Å². The maximum atomic E-state index is 11.4. The molecular formula is C13H20N2O2. The van der Waals surface area contributed by atoms with E-state index in [1.807, 2.05) is 31.5 Å². The molecule has 0 radical (unpaired) electrons. The molecular weight excluding hydrogens is 216 g/mol. The Labute approximate surface area is 102 Å². The van der Waals surface area contributed by atoms with Crippen LogP contribution in [0.5, 0.6) is 0 Å². The molecule has 0 aliphatic rings. The van der Waals surface area contributed by atoms with Gasteiger partial charge in [0.15, 0.2) is 5.78 Å². The molecule has 0 fully saturated rings. The van der Waals surface area contributed by atoms with Gasteiger partial charge in [0.1, 0.15) is 0 Å². The van der Waals surface area contributed by atoms with Crippen molar-refractivity contribution in [2.45, 2.75) is 46.2 Å². The third kappa shape index (κ3) is 4.43. The molecule has 0 aliphatic carbocycles. The minimum absolute atomic E-state index is 0.0390. The van der Waals surface area contributed by atoms with Crippen LogP contribution in [0.25, 0.3) is 0 Å². The number of rotatable bonds is 6. The molecule has 17 heavy (non-hydrogen) atoms. The van der Waals surface area contributed by atoms with Crippen LogP contribution in [-0.4, -0.2) is 22.3 Å². The monoisotopic (exact) mass is 236 g/mol. The van der Waals surface area contributed by atoms with E-state index in [4.69, 9.17) is 0 Å². The summed E-state index contributed by atoms with van der Waals surface area (Å²) >= 11 is 0. The Morgan fingerprint density at radius 3 is 2.71 bits per heavy atom. The lowest BCUT2D eigenvalue weighted by molar-refractivity contribution is -0.121. The number of nitrogens with zero attached hydrogens (tertiary/aromatic N) is 1. The van der Waals surface area contributed by atoms with Gasteiger partial charge in [-0.2, -0.15) is 0 Å². The highest BCUT2D eigenvalue weighted by Gasteiger charge is 2.06. The summed E-state index contributed by atoms with van der Waals surface area (Å²) in [6, 6.07) is 1.97. The van der Waals surface area contributed by atoms with Gasteiger partial charge in [0.2, 0.25) is 5.91 Å². The number of carbonyl (C=O) groups is 2. The fraction of sp³-hybridized carbons (Fsp3) is 0.538. The zero-order valence-corrected chi connectivity index (χ0v) is 10.7. The summed E-state index contributed by atoms with van der Waals surface area (Å²) in [5.74, 6) is 0.174. The van der Waals surface area contributed by atoms with Gasteiger partial charge in [-0.3, -0.25) is 9.59 Å². The molecule has 4 heteroatoms. The van der Waals surface area contributed by atoms with E-state index in [1.54, 1.807) is 12.3 Å². The van der Waals surface area contributed by atoms with Crippen molar-refractivity contribution < 1.29 is 9.59 Å². The van der Waals surface area contributed by atoms with E-state index in [9.17, 15) is 9.59 Å². The summed E-state index contributed by atoms with van der Waals surface area (Å²) in [6.45, 7) is 6.32. The summed E-state index contributed by atoms with van der Waals surface area (Å²) in [5.41, 5.74) is 0.719. The summed E-state index contributed by atoms with van der Waals surface area (Å²) in [7, 11) is 0. The van der Waals surface area contributed by atoms with Crippen LogP contribution in [0, 0.1) is 0 Å². The van der Waals surface area contributed by atoms with Crippen LogP contribution < -0.4 is 5.32 Å². The first-order valence-electron chi connectivity index (χ1n) is 6.01. The highest BCUT2D eigenvalue weighted by molar-refractivity contribution is 5.95. The van der Waals surface area contributed by atoms with E-state index >= 15 is 0 Å². The second-order valence-corrected chi connectivity index (χ2v) is 4.39. The molecule has 0 unspecified atom stereocenters. The summed E-state index contributed by atoms with van der Waals surface area (Å²) < 4.78 is 1.88. The van der Waals surface area contributed by atoms with Gasteiger partial charge >= 0.3 is 0 Å². The molecule has 0 aliphatic heterocycles. The van der Waals surface area contributed by atoms with Gasteiger partial charge in [0, 0.05) is 43.4 Å². The summed E-state index contributed by atoms with van der Waals surface area (Å²) in [5, 5.41) is 2.83. The van der Waals surface area contributed by atoms with Gasteiger partial charge in [-0.1, -0.05) is 6.92 Å². The smallest absolute Gasteiger partial charge is 0.221 e. The van der Waals surface area contributed by atoms with Crippen LogP contribution in [0.4, 0.5) is 0 Å². The number of nitrogens with one attached hydrogen (secondary N) is 1. The second-order valence-electron chi connectivity index (χ2n) is 4.39. The first-order chi connectivity index (χ1) is 8.02. The van der Waals surface area contributed by atoms with Crippen molar-refractivity contribution in [3.63, 3.8) is 0 Å². The maximum absolute atomic E-state index is 11.4. The van der Waals surface area contributed by atoms with E-state index in [-0.39, 0.29) is 17.7 Å². The third-order valence-corrected chi connectivity index (χ3v) is 2.44. The summed E-state index contributed by atoms with van der Waals surface area (Å²) in [6.07, 6.45) is 4.59. The number of aromatic nitrogens is 1. The Kier molecular flexibility index (Phi) is 4.94. The molecule has 1 amide bonds. The highest BCUT2D eigenvalue weighted by atomic mass is 16.1. The van der Waals surface area contributed by atoms with Crippen molar-refractivity contribution >= 4 is 11.7 Å². The molecule has 1 aromatic heterocycles. The lowest BCUT2D eigenvalue weighted by Crippen LogP contribution is -2.30. The zero-order valence-electron chi connectivity index (χ0n) is 10.7. The first-order valence-corrected chi connectivity index (χ1v) is 6.01. The van der Waals surface area contributed by atoms with Crippen molar-refractivity contribution in [2.24, 2.45) is 0 Å². The van der Waals surface area contributed by atoms with Gasteiger partial charge in [-0.25, -0.2) is 0 Å². The molecule has 0 spiro atoms. The van der Waals surface area contributed by atoms with Gasteiger partial charge in [0.25, 0.3) is 0 Å². The number of amides is 1. The Morgan fingerprint density at radius 1 is 1.41 bits per heavy atom. The molecule has 1 heterocycles. The van der Waals surface area contributed by atoms with Crippen molar-refractivity contribution in [1.82, 2.24) is 9.88 Å².